The van der Waals surface area contributed by atoms with Crippen molar-refractivity contribution < 1.29 is 4.79 Å². The number of thioether (sulfide) groups is 1. The van der Waals surface area contributed by atoms with E-state index in [1.807, 2.05) is 42.1 Å². The van der Waals surface area contributed by atoms with Crippen molar-refractivity contribution in [1.29, 1.82) is 0 Å². The van der Waals surface area contributed by atoms with E-state index >= 15 is 0 Å². The number of carbonyl (C=O) groups excluding carboxylic acids is 1. The lowest BCUT2D eigenvalue weighted by molar-refractivity contribution is 0.0982. The van der Waals surface area contributed by atoms with Crippen molar-refractivity contribution in [2.75, 3.05) is 11.5 Å². The SMILES string of the molecule is CCCCCSCCCC(=O)c1ccccc1. The number of hydrogen-bond acceptors (Lipinski definition) is 2. The molecule has 1 aromatic carbocycles. The van der Waals surface area contributed by atoms with Gasteiger partial charge in [-0.25, -0.2) is 0 Å². The van der Waals surface area contributed by atoms with Crippen LogP contribution in [-0.2, 0) is 0 Å². The maximum atomic E-state index is 11.8. The predicted octanol–water partition coefficient (Wildman–Crippen LogP) is 4.57. The molecule has 0 aliphatic heterocycles. The Morgan fingerprint density at radius 3 is 2.47 bits per heavy atom. The summed E-state index contributed by atoms with van der Waals surface area (Å²) >= 11 is 1.98. The molecule has 0 atom stereocenters. The second kappa shape index (κ2) is 9.29. The Labute approximate surface area is 109 Å². The lowest BCUT2D eigenvalue weighted by Crippen LogP contribution is -1.99. The van der Waals surface area contributed by atoms with Gasteiger partial charge in [0.1, 0.15) is 0 Å². The van der Waals surface area contributed by atoms with Gasteiger partial charge in [0.15, 0.2) is 5.78 Å². The maximum Gasteiger partial charge on any atom is 0.162 e. The van der Waals surface area contributed by atoms with Gasteiger partial charge < -0.3 is 0 Å². The third-order valence-corrected chi connectivity index (χ3v) is 3.84. The summed E-state index contributed by atoms with van der Waals surface area (Å²) in [6, 6.07) is 9.59. The molecule has 0 amide bonds. The number of benzene rings is 1. The average molecular weight is 250 g/mol. The number of rotatable bonds is 9. The quantitative estimate of drug-likeness (QED) is 0.471. The summed E-state index contributed by atoms with van der Waals surface area (Å²) in [5.74, 6) is 2.63. The molecule has 0 saturated carbocycles. The lowest BCUT2D eigenvalue weighted by Gasteiger charge is -2.02. The van der Waals surface area contributed by atoms with E-state index in [4.69, 9.17) is 0 Å². The van der Waals surface area contributed by atoms with Crippen LogP contribution in [0.25, 0.3) is 0 Å². The molecule has 0 radical (unpaired) electrons. The molecule has 0 fully saturated rings. The summed E-state index contributed by atoms with van der Waals surface area (Å²) in [5.41, 5.74) is 0.850. The van der Waals surface area contributed by atoms with E-state index in [0.717, 1.165) is 17.7 Å². The van der Waals surface area contributed by atoms with Crippen molar-refractivity contribution in [2.24, 2.45) is 0 Å². The van der Waals surface area contributed by atoms with Crippen LogP contribution < -0.4 is 0 Å². The van der Waals surface area contributed by atoms with Gasteiger partial charge in [-0.2, -0.15) is 11.8 Å². The molecule has 0 spiro atoms. The first-order valence-electron chi connectivity index (χ1n) is 6.50. The molecule has 1 aromatic rings. The maximum absolute atomic E-state index is 11.8. The van der Waals surface area contributed by atoms with Gasteiger partial charge in [-0.3, -0.25) is 4.79 Å². The molecule has 2 heteroatoms. The van der Waals surface area contributed by atoms with Crippen LogP contribution in [0.4, 0.5) is 0 Å². The molecular weight excluding hydrogens is 228 g/mol. The molecule has 0 unspecified atom stereocenters. The minimum Gasteiger partial charge on any atom is -0.294 e. The topological polar surface area (TPSA) is 17.1 Å². The van der Waals surface area contributed by atoms with Gasteiger partial charge in [-0.15, -0.1) is 0 Å². The Morgan fingerprint density at radius 1 is 1.06 bits per heavy atom. The average Bonchev–Trinajstić information content (AvgIpc) is 2.38. The van der Waals surface area contributed by atoms with Gasteiger partial charge in [0, 0.05) is 12.0 Å². The van der Waals surface area contributed by atoms with Crippen molar-refractivity contribution in [3.05, 3.63) is 35.9 Å². The molecule has 0 aliphatic carbocycles. The second-order valence-electron chi connectivity index (χ2n) is 4.21. The molecule has 1 rings (SSSR count). The van der Waals surface area contributed by atoms with Crippen LogP contribution >= 0.6 is 11.8 Å². The summed E-state index contributed by atoms with van der Waals surface area (Å²) in [6.45, 7) is 2.23. The first-order valence-corrected chi connectivity index (χ1v) is 7.66. The zero-order chi connectivity index (χ0) is 12.3. The minimum atomic E-state index is 0.278. The fourth-order valence-corrected chi connectivity index (χ4v) is 2.62. The molecule has 94 valence electrons. The highest BCUT2D eigenvalue weighted by Crippen LogP contribution is 2.11. The van der Waals surface area contributed by atoms with Gasteiger partial charge in [0.2, 0.25) is 0 Å². The highest BCUT2D eigenvalue weighted by atomic mass is 32.2. The van der Waals surface area contributed by atoms with Crippen LogP contribution in [0.1, 0.15) is 49.4 Å². The van der Waals surface area contributed by atoms with Crippen molar-refractivity contribution >= 4 is 17.5 Å². The molecule has 0 saturated heterocycles. The monoisotopic (exact) mass is 250 g/mol. The Bertz CT molecular complexity index is 308. The van der Waals surface area contributed by atoms with E-state index in [9.17, 15) is 4.79 Å². The first kappa shape index (κ1) is 14.3. The van der Waals surface area contributed by atoms with Crippen molar-refractivity contribution in [3.8, 4) is 0 Å². The summed E-state index contributed by atoms with van der Waals surface area (Å²) in [7, 11) is 0. The van der Waals surface area contributed by atoms with Crippen molar-refractivity contribution in [3.63, 3.8) is 0 Å². The fraction of sp³-hybridized carbons (Fsp3) is 0.533. The minimum absolute atomic E-state index is 0.278. The van der Waals surface area contributed by atoms with Crippen LogP contribution in [0, 0.1) is 0 Å². The van der Waals surface area contributed by atoms with Crippen molar-refractivity contribution in [2.45, 2.75) is 39.0 Å². The number of carbonyl (C=O) groups is 1. The van der Waals surface area contributed by atoms with E-state index in [1.54, 1.807) is 0 Å². The lowest BCUT2D eigenvalue weighted by atomic mass is 10.1. The molecule has 0 heterocycles. The van der Waals surface area contributed by atoms with E-state index in [1.165, 1.54) is 25.0 Å². The predicted molar refractivity (Wildman–Crippen MR) is 76.9 cm³/mol. The van der Waals surface area contributed by atoms with E-state index < -0.39 is 0 Å². The highest BCUT2D eigenvalue weighted by molar-refractivity contribution is 7.99. The Kier molecular flexibility index (Phi) is 7.81. The van der Waals surface area contributed by atoms with Gasteiger partial charge in [0.05, 0.1) is 0 Å². The van der Waals surface area contributed by atoms with E-state index in [-0.39, 0.29) is 5.78 Å². The van der Waals surface area contributed by atoms with Gasteiger partial charge >= 0.3 is 0 Å². The molecule has 0 aliphatic rings. The largest absolute Gasteiger partial charge is 0.294 e. The Morgan fingerprint density at radius 2 is 1.76 bits per heavy atom. The summed E-state index contributed by atoms with van der Waals surface area (Å²) in [4.78, 5) is 11.8. The summed E-state index contributed by atoms with van der Waals surface area (Å²) < 4.78 is 0. The number of hydrogen-bond donors (Lipinski definition) is 0. The van der Waals surface area contributed by atoms with Gasteiger partial charge in [-0.1, -0.05) is 50.1 Å². The zero-order valence-corrected chi connectivity index (χ0v) is 11.5. The Balaban J connectivity index is 2.05. The molecule has 17 heavy (non-hydrogen) atoms. The fourth-order valence-electron chi connectivity index (χ4n) is 1.66. The molecule has 0 aromatic heterocycles. The zero-order valence-electron chi connectivity index (χ0n) is 10.7. The standard InChI is InChI=1S/C15H22OS/c1-2-3-7-12-17-13-8-11-15(16)14-9-5-4-6-10-14/h4-6,9-10H,2-3,7-8,11-13H2,1H3. The molecule has 0 N–H and O–H groups in total. The molecule has 0 bridgehead atoms. The third-order valence-electron chi connectivity index (χ3n) is 2.68. The van der Waals surface area contributed by atoms with Gasteiger partial charge in [-0.05, 0) is 24.3 Å². The van der Waals surface area contributed by atoms with Crippen LogP contribution in [-0.4, -0.2) is 17.3 Å². The second-order valence-corrected chi connectivity index (χ2v) is 5.44. The first-order chi connectivity index (χ1) is 8.34. The molecule has 1 nitrogen and oxygen atoms in total. The Hall–Kier alpha value is -0.760. The van der Waals surface area contributed by atoms with E-state index in [2.05, 4.69) is 6.92 Å². The van der Waals surface area contributed by atoms with Crippen LogP contribution in [0.2, 0.25) is 0 Å². The van der Waals surface area contributed by atoms with E-state index in [0.29, 0.717) is 6.42 Å². The third kappa shape index (κ3) is 6.52. The highest BCUT2D eigenvalue weighted by Gasteiger charge is 2.03. The number of ketones is 1. The number of unbranched alkanes of at least 4 members (excludes halogenated alkanes) is 2. The van der Waals surface area contributed by atoms with Gasteiger partial charge in [0.25, 0.3) is 0 Å². The summed E-state index contributed by atoms with van der Waals surface area (Å²) in [5, 5.41) is 0. The normalized spacial score (nSPS) is 10.4. The summed E-state index contributed by atoms with van der Waals surface area (Å²) in [6.07, 6.45) is 5.62. The van der Waals surface area contributed by atoms with Crippen LogP contribution in [0.3, 0.4) is 0 Å². The molecular formula is C15H22OS. The smallest absolute Gasteiger partial charge is 0.162 e. The van der Waals surface area contributed by atoms with Crippen LogP contribution in [0.5, 0.6) is 0 Å². The number of Topliss-reactive ketones (excluding diaryl/α,β-unsaturated/α-hetero) is 1. The van der Waals surface area contributed by atoms with Crippen molar-refractivity contribution in [1.82, 2.24) is 0 Å². The van der Waals surface area contributed by atoms with Crippen LogP contribution in [0.15, 0.2) is 30.3 Å².